The summed E-state index contributed by atoms with van der Waals surface area (Å²) in [4.78, 5) is 16.5. The van der Waals surface area contributed by atoms with Gasteiger partial charge in [0.15, 0.2) is 5.78 Å². The zero-order valence-corrected chi connectivity index (χ0v) is 20.7. The van der Waals surface area contributed by atoms with Gasteiger partial charge in [-0.3, -0.25) is 4.79 Å². The molecule has 3 aromatic heterocycles. The van der Waals surface area contributed by atoms with Crippen LogP contribution in [0.25, 0.3) is 50.3 Å². The summed E-state index contributed by atoms with van der Waals surface area (Å²) in [6.45, 7) is 0. The Balaban J connectivity index is 1.34. The number of pyridine rings is 1. The number of halogens is 2. The summed E-state index contributed by atoms with van der Waals surface area (Å²) < 4.78 is 40.2. The van der Waals surface area contributed by atoms with E-state index in [4.69, 9.17) is 14.6 Å². The topological polar surface area (TPSA) is 82.3 Å². The number of hydrogen-bond acceptors (Lipinski definition) is 5. The van der Waals surface area contributed by atoms with Crippen LogP contribution in [0, 0.1) is 11.6 Å². The number of ketones is 1. The second-order valence-corrected chi connectivity index (χ2v) is 9.27. The third-order valence-electron chi connectivity index (χ3n) is 6.56. The Bertz CT molecular complexity index is 1870. The van der Waals surface area contributed by atoms with Crippen LogP contribution in [0.1, 0.15) is 17.7 Å². The minimum absolute atomic E-state index is 0.0776. The number of aryl methyl sites for hydroxylation is 1. The average molecular weight is 521 g/mol. The molecular weight excluding hydrogens is 498 g/mol. The van der Waals surface area contributed by atoms with E-state index in [2.05, 4.69) is 4.98 Å². The minimum Gasteiger partial charge on any atom is -0.464 e. The zero-order valence-electron chi connectivity index (χ0n) is 20.7. The quantitative estimate of drug-likeness (QED) is 0.216. The molecule has 0 saturated heterocycles. The molecule has 0 aliphatic heterocycles. The molecule has 3 aromatic carbocycles. The van der Waals surface area contributed by atoms with Crippen molar-refractivity contribution in [3.8, 4) is 22.3 Å². The standard InChI is InChI=1S/C32H22F2N2O3/c33-24-4-8-27(29(34)17-24)28-16-22(20-3-9-30-21(13-20)11-12-38-30)14-23-15-26(39-32(23)28)7-6-25(37)5-1-19-2-10-31(35)36-18-19/h1-5,8-18H,6-7H2,(H2,35,36)/b5-1+. The maximum atomic E-state index is 14.9. The fourth-order valence-electron chi connectivity index (χ4n) is 4.58. The maximum absolute atomic E-state index is 14.9. The van der Waals surface area contributed by atoms with Gasteiger partial charge in [0, 0.05) is 47.0 Å². The number of allylic oxidation sites excluding steroid dienone is 1. The number of nitrogens with zero attached hydrogens (tertiary/aromatic N) is 1. The molecule has 0 aliphatic rings. The van der Waals surface area contributed by atoms with Gasteiger partial charge in [-0.1, -0.05) is 6.07 Å². The van der Waals surface area contributed by atoms with E-state index in [0.717, 1.165) is 39.1 Å². The highest BCUT2D eigenvalue weighted by molar-refractivity contribution is 5.98. The largest absolute Gasteiger partial charge is 0.464 e. The van der Waals surface area contributed by atoms with Gasteiger partial charge in [-0.05, 0) is 89.5 Å². The molecule has 0 atom stereocenters. The van der Waals surface area contributed by atoms with Gasteiger partial charge < -0.3 is 14.6 Å². The first-order chi connectivity index (χ1) is 18.9. The highest BCUT2D eigenvalue weighted by Gasteiger charge is 2.17. The molecule has 0 spiro atoms. The van der Waals surface area contributed by atoms with Crippen LogP contribution in [0.3, 0.4) is 0 Å². The van der Waals surface area contributed by atoms with E-state index in [9.17, 15) is 13.6 Å². The van der Waals surface area contributed by atoms with Crippen molar-refractivity contribution in [3.63, 3.8) is 0 Å². The maximum Gasteiger partial charge on any atom is 0.156 e. The summed E-state index contributed by atoms with van der Waals surface area (Å²) >= 11 is 0. The number of furan rings is 2. The minimum atomic E-state index is -0.686. The summed E-state index contributed by atoms with van der Waals surface area (Å²) in [5.41, 5.74) is 10.1. The molecule has 0 amide bonds. The monoisotopic (exact) mass is 520 g/mol. The van der Waals surface area contributed by atoms with Crippen molar-refractivity contribution in [2.24, 2.45) is 0 Å². The Morgan fingerprint density at radius 2 is 1.77 bits per heavy atom. The van der Waals surface area contributed by atoms with E-state index in [1.54, 1.807) is 30.7 Å². The zero-order chi connectivity index (χ0) is 26.9. The lowest BCUT2D eigenvalue weighted by Crippen LogP contribution is -1.95. The highest BCUT2D eigenvalue weighted by atomic mass is 19.1. The van der Waals surface area contributed by atoms with Gasteiger partial charge in [0.25, 0.3) is 0 Å². The first-order valence-corrected chi connectivity index (χ1v) is 12.3. The van der Waals surface area contributed by atoms with Crippen LogP contribution in [-0.4, -0.2) is 10.8 Å². The number of rotatable bonds is 7. The Morgan fingerprint density at radius 3 is 2.59 bits per heavy atom. The normalized spacial score (nSPS) is 11.6. The Morgan fingerprint density at radius 1 is 0.897 bits per heavy atom. The van der Waals surface area contributed by atoms with E-state index >= 15 is 0 Å². The molecule has 0 radical (unpaired) electrons. The van der Waals surface area contributed by atoms with Crippen molar-refractivity contribution in [1.82, 2.24) is 4.98 Å². The second kappa shape index (κ2) is 10.0. The van der Waals surface area contributed by atoms with Crippen LogP contribution in [-0.2, 0) is 11.2 Å². The van der Waals surface area contributed by atoms with Gasteiger partial charge in [0.1, 0.15) is 34.4 Å². The van der Waals surface area contributed by atoms with Crippen molar-refractivity contribution in [1.29, 1.82) is 0 Å². The molecule has 6 rings (SSSR count). The van der Waals surface area contributed by atoms with Crippen molar-refractivity contribution < 1.29 is 22.4 Å². The summed E-state index contributed by atoms with van der Waals surface area (Å²) in [6.07, 6.45) is 6.99. The third kappa shape index (κ3) is 5.07. The molecule has 0 fully saturated rings. The molecule has 2 N–H and O–H groups in total. The van der Waals surface area contributed by atoms with Crippen molar-refractivity contribution >= 4 is 39.6 Å². The fourth-order valence-corrected chi connectivity index (χ4v) is 4.58. The van der Waals surface area contributed by atoms with E-state index in [1.165, 1.54) is 18.2 Å². The number of carbonyl (C=O) groups excluding carboxylic acids is 1. The van der Waals surface area contributed by atoms with Crippen LogP contribution in [0.5, 0.6) is 0 Å². The van der Waals surface area contributed by atoms with Gasteiger partial charge in [-0.2, -0.15) is 0 Å². The first kappa shape index (κ1) is 24.3. The van der Waals surface area contributed by atoms with Gasteiger partial charge in [-0.25, -0.2) is 13.8 Å². The molecule has 5 nitrogen and oxygen atoms in total. The van der Waals surface area contributed by atoms with Gasteiger partial charge in [0.2, 0.25) is 0 Å². The number of nitrogen functional groups attached to an aromatic ring is 1. The molecule has 192 valence electrons. The number of benzene rings is 3. The van der Waals surface area contributed by atoms with Crippen LogP contribution >= 0.6 is 0 Å². The Labute approximate surface area is 222 Å². The molecule has 0 unspecified atom stereocenters. The summed E-state index contributed by atoms with van der Waals surface area (Å²) in [5.74, 6) is -0.420. The van der Waals surface area contributed by atoms with Crippen LogP contribution in [0.4, 0.5) is 14.6 Å². The van der Waals surface area contributed by atoms with E-state index in [1.807, 2.05) is 42.5 Å². The van der Waals surface area contributed by atoms with Crippen LogP contribution in [0.2, 0.25) is 0 Å². The SMILES string of the molecule is Nc1ccc(/C=C/C(=O)CCc2cc3cc(-c4ccc5occc5c4)cc(-c4ccc(F)cc4F)c3o2)cn1. The molecular formula is C32H22F2N2O3. The molecule has 3 heterocycles. The van der Waals surface area contributed by atoms with Crippen LogP contribution in [0.15, 0.2) is 100 Å². The number of hydrogen-bond donors (Lipinski definition) is 1. The predicted octanol–water partition coefficient (Wildman–Crippen LogP) is 7.98. The van der Waals surface area contributed by atoms with Gasteiger partial charge in [-0.15, -0.1) is 0 Å². The lowest BCUT2D eigenvalue weighted by Gasteiger charge is -2.09. The number of aromatic nitrogens is 1. The summed E-state index contributed by atoms with van der Waals surface area (Å²) in [6, 6.07) is 20.3. The van der Waals surface area contributed by atoms with E-state index in [0.29, 0.717) is 29.1 Å². The number of fused-ring (bicyclic) bond motifs is 2. The average Bonchev–Trinajstić information content (AvgIpc) is 3.57. The summed E-state index contributed by atoms with van der Waals surface area (Å²) in [5, 5.41) is 1.70. The van der Waals surface area contributed by atoms with E-state index in [-0.39, 0.29) is 17.8 Å². The lowest BCUT2D eigenvalue weighted by atomic mass is 9.96. The molecule has 6 aromatic rings. The fraction of sp³-hybridized carbons (Fsp3) is 0.0625. The van der Waals surface area contributed by atoms with Gasteiger partial charge >= 0.3 is 0 Å². The van der Waals surface area contributed by atoms with Crippen molar-refractivity contribution in [2.75, 3.05) is 5.73 Å². The lowest BCUT2D eigenvalue weighted by molar-refractivity contribution is -0.114. The summed E-state index contributed by atoms with van der Waals surface area (Å²) in [7, 11) is 0. The Hall–Kier alpha value is -5.04. The van der Waals surface area contributed by atoms with Gasteiger partial charge in [0.05, 0.1) is 6.26 Å². The van der Waals surface area contributed by atoms with E-state index < -0.39 is 11.6 Å². The predicted molar refractivity (Wildman–Crippen MR) is 148 cm³/mol. The number of anilines is 1. The number of carbonyl (C=O) groups is 1. The smallest absolute Gasteiger partial charge is 0.156 e. The Kier molecular flexibility index (Phi) is 6.25. The second-order valence-electron chi connectivity index (χ2n) is 9.27. The molecule has 39 heavy (non-hydrogen) atoms. The van der Waals surface area contributed by atoms with Crippen molar-refractivity contribution in [2.45, 2.75) is 12.8 Å². The molecule has 7 heteroatoms. The molecule has 0 aliphatic carbocycles. The first-order valence-electron chi connectivity index (χ1n) is 12.3. The number of nitrogens with two attached hydrogens (primary N) is 1. The van der Waals surface area contributed by atoms with Crippen molar-refractivity contribution in [3.05, 3.63) is 114 Å². The third-order valence-corrected chi connectivity index (χ3v) is 6.56. The van der Waals surface area contributed by atoms with Crippen LogP contribution < -0.4 is 5.73 Å². The highest BCUT2D eigenvalue weighted by Crippen LogP contribution is 2.38. The molecule has 0 saturated carbocycles. The molecule has 0 bridgehead atoms.